The maximum Gasteiger partial charge on any atom is 0.307 e. The van der Waals surface area contributed by atoms with Crippen molar-refractivity contribution >= 4 is 11.9 Å². The molecule has 25 heavy (non-hydrogen) atoms. The molecule has 1 aromatic heterocycles. The fourth-order valence-corrected chi connectivity index (χ4v) is 4.97. The number of rotatable bonds is 5. The zero-order valence-electron chi connectivity index (χ0n) is 14.3. The summed E-state index contributed by atoms with van der Waals surface area (Å²) in [7, 11) is 0. The van der Waals surface area contributed by atoms with E-state index in [-0.39, 0.29) is 23.8 Å². The first-order chi connectivity index (χ1) is 12.1. The summed E-state index contributed by atoms with van der Waals surface area (Å²) in [6.07, 6.45) is 12.7. The van der Waals surface area contributed by atoms with Crippen LogP contribution in [0.5, 0.6) is 0 Å². The van der Waals surface area contributed by atoms with Gasteiger partial charge in [0.25, 0.3) is 0 Å². The third kappa shape index (κ3) is 2.96. The smallest absolute Gasteiger partial charge is 0.307 e. The molecule has 4 atom stereocenters. The first-order valence-corrected chi connectivity index (χ1v) is 9.25. The van der Waals surface area contributed by atoms with Gasteiger partial charge in [0.2, 0.25) is 5.91 Å². The molecular weight excluding hydrogens is 316 g/mol. The molecule has 2 bridgehead atoms. The second-order valence-corrected chi connectivity index (χ2v) is 7.60. The number of aromatic nitrogens is 1. The van der Waals surface area contributed by atoms with Crippen molar-refractivity contribution in [2.24, 2.45) is 23.7 Å². The maximum absolute atomic E-state index is 13.5. The highest BCUT2D eigenvalue weighted by Gasteiger charge is 2.53. The van der Waals surface area contributed by atoms with Gasteiger partial charge in [0.15, 0.2) is 0 Å². The van der Waals surface area contributed by atoms with Crippen LogP contribution in [0, 0.1) is 23.7 Å². The van der Waals surface area contributed by atoms with Crippen LogP contribution >= 0.6 is 0 Å². The molecule has 2 saturated carbocycles. The lowest BCUT2D eigenvalue weighted by Crippen LogP contribution is -2.46. The lowest BCUT2D eigenvalue weighted by molar-refractivity contribution is -0.152. The summed E-state index contributed by atoms with van der Waals surface area (Å²) in [5.74, 6) is -1.67. The summed E-state index contributed by atoms with van der Waals surface area (Å²) >= 11 is 0. The van der Waals surface area contributed by atoms with Crippen molar-refractivity contribution in [2.75, 3.05) is 0 Å². The van der Waals surface area contributed by atoms with Gasteiger partial charge in [-0.15, -0.1) is 0 Å². The quantitative estimate of drug-likeness (QED) is 0.837. The summed E-state index contributed by atoms with van der Waals surface area (Å²) < 4.78 is 0. The number of carboxylic acids is 1. The molecular formula is C20H24N2O3. The van der Waals surface area contributed by atoms with Gasteiger partial charge in [-0.2, -0.15) is 0 Å². The standard InChI is InChI=1S/C20H24N2O3/c23-19(17-14-5-6-15(11-14)18(17)20(24)25)22(16-3-1-2-4-16)12-13-7-9-21-10-8-13/h5-10,14-18H,1-4,11-12H2,(H,24,25)/t14-,15+,17+,18-/m0/s1. The SMILES string of the molecule is O=C(O)[C@@H]1[C@H](C(=O)N(Cc2ccncc2)C2CCCC2)[C@H]2C=C[C@@H]1C2. The molecule has 0 radical (unpaired) electrons. The van der Waals surface area contributed by atoms with Crippen LogP contribution in [-0.4, -0.2) is 32.9 Å². The Hall–Kier alpha value is -2.17. The average molecular weight is 340 g/mol. The second kappa shape index (κ2) is 6.62. The number of hydrogen-bond donors (Lipinski definition) is 1. The number of carbonyl (C=O) groups is 2. The normalized spacial score (nSPS) is 30.7. The molecule has 4 rings (SSSR count). The molecule has 5 heteroatoms. The minimum absolute atomic E-state index is 0.0165. The van der Waals surface area contributed by atoms with Crippen molar-refractivity contribution in [3.05, 3.63) is 42.2 Å². The van der Waals surface area contributed by atoms with Crippen molar-refractivity contribution in [3.8, 4) is 0 Å². The van der Waals surface area contributed by atoms with Gasteiger partial charge in [-0.3, -0.25) is 14.6 Å². The largest absolute Gasteiger partial charge is 0.481 e. The van der Waals surface area contributed by atoms with Crippen LogP contribution in [0.15, 0.2) is 36.7 Å². The van der Waals surface area contributed by atoms with Gasteiger partial charge in [-0.25, -0.2) is 0 Å². The van der Waals surface area contributed by atoms with E-state index in [9.17, 15) is 14.7 Å². The third-order valence-electron chi connectivity index (χ3n) is 6.18. The van der Waals surface area contributed by atoms with Crippen LogP contribution in [0.25, 0.3) is 0 Å². The van der Waals surface area contributed by atoms with Gasteiger partial charge in [0.1, 0.15) is 0 Å². The molecule has 0 spiro atoms. The molecule has 5 nitrogen and oxygen atoms in total. The lowest BCUT2D eigenvalue weighted by Gasteiger charge is -2.35. The Morgan fingerprint density at radius 3 is 2.36 bits per heavy atom. The molecule has 1 aromatic rings. The van der Waals surface area contributed by atoms with Crippen molar-refractivity contribution in [1.29, 1.82) is 0 Å². The van der Waals surface area contributed by atoms with E-state index in [0.717, 1.165) is 37.7 Å². The summed E-state index contributed by atoms with van der Waals surface area (Å²) in [5.41, 5.74) is 1.06. The van der Waals surface area contributed by atoms with E-state index in [1.165, 1.54) is 0 Å². The van der Waals surface area contributed by atoms with Gasteiger partial charge < -0.3 is 10.0 Å². The van der Waals surface area contributed by atoms with Crippen molar-refractivity contribution in [3.63, 3.8) is 0 Å². The molecule has 0 saturated heterocycles. The molecule has 0 unspecified atom stereocenters. The monoisotopic (exact) mass is 340 g/mol. The number of aliphatic carboxylic acids is 1. The summed E-state index contributed by atoms with van der Waals surface area (Å²) in [6.45, 7) is 0.552. The Kier molecular flexibility index (Phi) is 4.32. The topological polar surface area (TPSA) is 70.5 Å². The van der Waals surface area contributed by atoms with Crippen LogP contribution < -0.4 is 0 Å². The Morgan fingerprint density at radius 2 is 1.72 bits per heavy atom. The highest BCUT2D eigenvalue weighted by molar-refractivity contribution is 5.87. The third-order valence-corrected chi connectivity index (χ3v) is 6.18. The molecule has 1 heterocycles. The molecule has 0 aliphatic heterocycles. The summed E-state index contributed by atoms with van der Waals surface area (Å²) in [4.78, 5) is 31.3. The molecule has 132 valence electrons. The van der Waals surface area contributed by atoms with Gasteiger partial charge >= 0.3 is 5.97 Å². The number of nitrogens with zero attached hydrogens (tertiary/aromatic N) is 2. The number of fused-ring (bicyclic) bond motifs is 2. The van der Waals surface area contributed by atoms with Crippen LogP contribution in [-0.2, 0) is 16.1 Å². The van der Waals surface area contributed by atoms with Gasteiger partial charge in [-0.1, -0.05) is 25.0 Å². The Morgan fingerprint density at radius 1 is 1.08 bits per heavy atom. The minimum atomic E-state index is -0.828. The van der Waals surface area contributed by atoms with Gasteiger partial charge in [0.05, 0.1) is 11.8 Å². The molecule has 0 aromatic carbocycles. The van der Waals surface area contributed by atoms with Gasteiger partial charge in [0, 0.05) is 25.0 Å². The van der Waals surface area contributed by atoms with Gasteiger partial charge in [-0.05, 0) is 48.8 Å². The molecule has 3 aliphatic carbocycles. The van der Waals surface area contributed by atoms with E-state index in [1.54, 1.807) is 12.4 Å². The summed E-state index contributed by atoms with van der Waals surface area (Å²) in [5, 5.41) is 9.68. The minimum Gasteiger partial charge on any atom is -0.481 e. The highest BCUT2D eigenvalue weighted by atomic mass is 16.4. The molecule has 1 N–H and O–H groups in total. The molecule has 2 fully saturated rings. The number of amides is 1. The number of carboxylic acid groups (broad SMARTS) is 1. The van der Waals surface area contributed by atoms with E-state index in [2.05, 4.69) is 11.1 Å². The fourth-order valence-electron chi connectivity index (χ4n) is 4.97. The molecule has 3 aliphatic rings. The lowest BCUT2D eigenvalue weighted by atomic mass is 9.81. The zero-order chi connectivity index (χ0) is 17.4. The van der Waals surface area contributed by atoms with Crippen LogP contribution in [0.3, 0.4) is 0 Å². The predicted molar refractivity (Wildman–Crippen MR) is 92.4 cm³/mol. The number of allylic oxidation sites excluding steroid dienone is 2. The van der Waals surface area contributed by atoms with E-state index >= 15 is 0 Å². The van der Waals surface area contributed by atoms with Crippen LogP contribution in [0.1, 0.15) is 37.7 Å². The predicted octanol–water partition coefficient (Wildman–Crippen LogP) is 2.88. The Balaban J connectivity index is 1.61. The van der Waals surface area contributed by atoms with Crippen molar-refractivity contribution in [2.45, 2.75) is 44.7 Å². The fraction of sp³-hybridized carbons (Fsp3) is 0.550. The highest BCUT2D eigenvalue weighted by Crippen LogP contribution is 2.49. The summed E-state index contributed by atoms with van der Waals surface area (Å²) in [6, 6.07) is 4.10. The van der Waals surface area contributed by atoms with Crippen LogP contribution in [0.4, 0.5) is 0 Å². The Bertz CT molecular complexity index is 681. The maximum atomic E-state index is 13.5. The van der Waals surface area contributed by atoms with E-state index in [4.69, 9.17) is 0 Å². The number of hydrogen-bond acceptors (Lipinski definition) is 3. The zero-order valence-corrected chi connectivity index (χ0v) is 14.3. The van der Waals surface area contributed by atoms with Crippen LogP contribution in [0.2, 0.25) is 0 Å². The molecule has 1 amide bonds. The Labute approximate surface area is 147 Å². The first kappa shape index (κ1) is 16.3. The number of carbonyl (C=O) groups excluding carboxylic acids is 1. The second-order valence-electron chi connectivity index (χ2n) is 7.60. The van der Waals surface area contributed by atoms with E-state index < -0.39 is 17.8 Å². The number of pyridine rings is 1. The van der Waals surface area contributed by atoms with Crippen molar-refractivity contribution in [1.82, 2.24) is 9.88 Å². The van der Waals surface area contributed by atoms with Crippen molar-refractivity contribution < 1.29 is 14.7 Å². The average Bonchev–Trinajstić information content (AvgIpc) is 3.36. The first-order valence-electron chi connectivity index (χ1n) is 9.25. The van der Waals surface area contributed by atoms with E-state index in [1.807, 2.05) is 23.1 Å². The van der Waals surface area contributed by atoms with E-state index in [0.29, 0.717) is 6.54 Å².